The Morgan fingerprint density at radius 1 is 1.16 bits per heavy atom. The summed E-state index contributed by atoms with van der Waals surface area (Å²) in [5.41, 5.74) is -1.23. The molecule has 4 amide bonds. The number of rotatable bonds is 4. The van der Waals surface area contributed by atoms with Crippen LogP contribution in [0.1, 0.15) is 31.4 Å². The summed E-state index contributed by atoms with van der Waals surface area (Å²) in [6.07, 6.45) is -1.75. The molecule has 2 aromatic rings. The number of aromatic nitrogens is 2. The fourth-order valence-corrected chi connectivity index (χ4v) is 4.24. The summed E-state index contributed by atoms with van der Waals surface area (Å²) in [6, 6.07) is 7.25. The van der Waals surface area contributed by atoms with Gasteiger partial charge in [0.2, 0.25) is 11.8 Å². The lowest BCUT2D eigenvalue weighted by molar-refractivity contribution is -0.142. The van der Waals surface area contributed by atoms with Crippen molar-refractivity contribution in [3.63, 3.8) is 0 Å². The number of halogens is 3. The molecule has 11 heteroatoms. The van der Waals surface area contributed by atoms with Crippen molar-refractivity contribution in [1.29, 1.82) is 0 Å². The number of hydrogen-bond acceptors (Lipinski definition) is 4. The average Bonchev–Trinajstić information content (AvgIpc) is 3.31. The number of anilines is 1. The third-order valence-electron chi connectivity index (χ3n) is 5.86. The first-order chi connectivity index (χ1) is 15.2. The monoisotopic (exact) mass is 449 g/mol. The summed E-state index contributed by atoms with van der Waals surface area (Å²) in [5.74, 6) is -0.697. The summed E-state index contributed by atoms with van der Waals surface area (Å²) < 4.78 is 42.0. The van der Waals surface area contributed by atoms with Crippen LogP contribution in [0.2, 0.25) is 0 Å². The van der Waals surface area contributed by atoms with Crippen molar-refractivity contribution in [1.82, 2.24) is 20.0 Å². The summed E-state index contributed by atoms with van der Waals surface area (Å²) >= 11 is 0. The zero-order valence-corrected chi connectivity index (χ0v) is 17.1. The van der Waals surface area contributed by atoms with Gasteiger partial charge in [0.25, 0.3) is 0 Å². The first-order valence-electron chi connectivity index (χ1n) is 10.3. The standard InChI is InChI=1S/C21H22F3N5O3/c22-21(23,24)18-16(12-25-29(18)15-4-2-1-3-5-15)26-20(32)28-8-6-13(7-9-28)10-14-11-17(30)27-19(14)31/h1-5,12-14H,6-11H2,(H,26,32)(H,27,30,31). The van der Waals surface area contributed by atoms with E-state index in [9.17, 15) is 27.6 Å². The van der Waals surface area contributed by atoms with Crippen molar-refractivity contribution < 1.29 is 27.6 Å². The van der Waals surface area contributed by atoms with E-state index < -0.39 is 23.6 Å². The van der Waals surface area contributed by atoms with Gasteiger partial charge < -0.3 is 10.2 Å². The molecule has 32 heavy (non-hydrogen) atoms. The van der Waals surface area contributed by atoms with Crippen molar-refractivity contribution in [2.75, 3.05) is 18.4 Å². The summed E-state index contributed by atoms with van der Waals surface area (Å²) in [4.78, 5) is 37.2. The van der Waals surface area contributed by atoms with Gasteiger partial charge in [-0.25, -0.2) is 9.48 Å². The number of para-hydroxylation sites is 1. The van der Waals surface area contributed by atoms with Crippen LogP contribution in [0.5, 0.6) is 0 Å². The van der Waals surface area contributed by atoms with Gasteiger partial charge in [0.1, 0.15) is 0 Å². The molecule has 0 radical (unpaired) electrons. The average molecular weight is 449 g/mol. The zero-order valence-electron chi connectivity index (χ0n) is 17.1. The fraction of sp³-hybridized carbons (Fsp3) is 0.429. The van der Waals surface area contributed by atoms with Crippen LogP contribution in [0.15, 0.2) is 36.5 Å². The van der Waals surface area contributed by atoms with E-state index in [1.54, 1.807) is 18.2 Å². The Hall–Kier alpha value is -3.37. The molecule has 2 aliphatic heterocycles. The van der Waals surface area contributed by atoms with Gasteiger partial charge in [-0.1, -0.05) is 18.2 Å². The molecule has 8 nitrogen and oxygen atoms in total. The molecule has 1 unspecified atom stereocenters. The number of hydrogen-bond donors (Lipinski definition) is 2. The first-order valence-corrected chi connectivity index (χ1v) is 10.3. The van der Waals surface area contributed by atoms with Crippen LogP contribution in [-0.4, -0.2) is 45.6 Å². The number of nitrogens with zero attached hydrogens (tertiary/aromatic N) is 3. The van der Waals surface area contributed by atoms with Crippen LogP contribution in [0.4, 0.5) is 23.7 Å². The minimum absolute atomic E-state index is 0.173. The first kappa shape index (κ1) is 21.8. The Balaban J connectivity index is 1.40. The molecule has 170 valence electrons. The smallest absolute Gasteiger partial charge is 0.325 e. The van der Waals surface area contributed by atoms with Crippen LogP contribution in [0, 0.1) is 11.8 Å². The fourth-order valence-electron chi connectivity index (χ4n) is 4.24. The number of likely N-dealkylation sites (tertiary alicyclic amines) is 1. The van der Waals surface area contributed by atoms with E-state index in [2.05, 4.69) is 15.7 Å². The van der Waals surface area contributed by atoms with Gasteiger partial charge in [-0.2, -0.15) is 18.3 Å². The number of amides is 4. The highest BCUT2D eigenvalue weighted by Crippen LogP contribution is 2.36. The van der Waals surface area contributed by atoms with E-state index in [-0.39, 0.29) is 35.8 Å². The predicted octanol–water partition coefficient (Wildman–Crippen LogP) is 3.19. The Labute approximate surface area is 181 Å². The minimum Gasteiger partial charge on any atom is -0.325 e. The summed E-state index contributed by atoms with van der Waals surface area (Å²) in [7, 11) is 0. The van der Waals surface area contributed by atoms with Crippen LogP contribution in [-0.2, 0) is 15.8 Å². The van der Waals surface area contributed by atoms with Crippen LogP contribution in [0.25, 0.3) is 5.69 Å². The summed E-state index contributed by atoms with van der Waals surface area (Å²) in [5, 5.41) is 8.47. The maximum Gasteiger partial charge on any atom is 0.435 e. The van der Waals surface area contributed by atoms with Gasteiger partial charge in [0.05, 0.1) is 17.6 Å². The lowest BCUT2D eigenvalue weighted by atomic mass is 9.86. The van der Waals surface area contributed by atoms with Crippen LogP contribution >= 0.6 is 0 Å². The molecule has 1 aromatic carbocycles. The molecular formula is C21H22F3N5O3. The highest BCUT2D eigenvalue weighted by atomic mass is 19.4. The quantitative estimate of drug-likeness (QED) is 0.701. The van der Waals surface area contributed by atoms with Gasteiger partial charge >= 0.3 is 12.2 Å². The molecule has 1 aromatic heterocycles. The third-order valence-corrected chi connectivity index (χ3v) is 5.86. The lowest BCUT2D eigenvalue weighted by Gasteiger charge is -2.32. The van der Waals surface area contributed by atoms with Gasteiger partial charge in [0.15, 0.2) is 5.69 Å². The molecule has 2 aliphatic rings. The number of alkyl halides is 3. The number of carbonyl (C=O) groups is 3. The van der Waals surface area contributed by atoms with E-state index in [0.717, 1.165) is 10.9 Å². The number of urea groups is 1. The van der Waals surface area contributed by atoms with E-state index in [0.29, 0.717) is 32.4 Å². The highest BCUT2D eigenvalue weighted by molar-refractivity contribution is 6.03. The Morgan fingerprint density at radius 2 is 1.84 bits per heavy atom. The largest absolute Gasteiger partial charge is 0.435 e. The normalized spacial score (nSPS) is 19.8. The summed E-state index contributed by atoms with van der Waals surface area (Å²) in [6.45, 7) is 0.708. The Kier molecular flexibility index (Phi) is 5.90. The van der Waals surface area contributed by atoms with Gasteiger partial charge in [-0.15, -0.1) is 0 Å². The molecule has 2 N–H and O–H groups in total. The molecule has 0 bridgehead atoms. The van der Waals surface area contributed by atoms with Crippen LogP contribution < -0.4 is 10.6 Å². The van der Waals surface area contributed by atoms with E-state index in [1.807, 2.05) is 0 Å². The number of carbonyl (C=O) groups excluding carboxylic acids is 3. The number of imide groups is 1. The second-order valence-corrected chi connectivity index (χ2v) is 8.06. The molecule has 0 spiro atoms. The minimum atomic E-state index is -4.72. The van der Waals surface area contributed by atoms with Crippen molar-refractivity contribution in [3.05, 3.63) is 42.2 Å². The highest BCUT2D eigenvalue weighted by Gasteiger charge is 2.40. The topological polar surface area (TPSA) is 96.3 Å². The molecule has 0 saturated carbocycles. The number of benzene rings is 1. The van der Waals surface area contributed by atoms with Crippen molar-refractivity contribution >= 4 is 23.5 Å². The number of nitrogens with one attached hydrogen (secondary N) is 2. The second-order valence-electron chi connectivity index (χ2n) is 8.06. The maximum atomic E-state index is 13.7. The third kappa shape index (κ3) is 4.61. The Morgan fingerprint density at radius 3 is 2.44 bits per heavy atom. The van der Waals surface area contributed by atoms with Gasteiger partial charge in [-0.3, -0.25) is 14.9 Å². The molecule has 2 fully saturated rings. The van der Waals surface area contributed by atoms with Crippen molar-refractivity contribution in [2.45, 2.75) is 31.9 Å². The predicted molar refractivity (Wildman–Crippen MR) is 108 cm³/mol. The van der Waals surface area contributed by atoms with Gasteiger partial charge in [-0.05, 0) is 37.3 Å². The van der Waals surface area contributed by atoms with Crippen molar-refractivity contribution in [2.24, 2.45) is 11.8 Å². The van der Waals surface area contributed by atoms with E-state index in [4.69, 9.17) is 0 Å². The second kappa shape index (κ2) is 8.64. The SMILES string of the molecule is O=C1CC(CC2CCN(C(=O)Nc3cnn(-c4ccccc4)c3C(F)(F)F)CC2)C(=O)N1. The zero-order chi connectivity index (χ0) is 22.9. The molecule has 2 saturated heterocycles. The Bertz CT molecular complexity index is 1010. The molecule has 3 heterocycles. The van der Waals surface area contributed by atoms with E-state index in [1.165, 1.54) is 17.0 Å². The number of piperidine rings is 1. The lowest BCUT2D eigenvalue weighted by Crippen LogP contribution is -2.41. The maximum absolute atomic E-state index is 13.7. The van der Waals surface area contributed by atoms with E-state index >= 15 is 0 Å². The van der Waals surface area contributed by atoms with Crippen molar-refractivity contribution in [3.8, 4) is 5.69 Å². The van der Waals surface area contributed by atoms with Gasteiger partial charge in [0, 0.05) is 25.4 Å². The molecular weight excluding hydrogens is 427 g/mol. The molecule has 0 aliphatic carbocycles. The van der Waals surface area contributed by atoms with Crippen LogP contribution in [0.3, 0.4) is 0 Å². The molecule has 1 atom stereocenters. The molecule has 4 rings (SSSR count).